The number of thiocarbonyl (C=S) groups is 1. The summed E-state index contributed by atoms with van der Waals surface area (Å²) in [6, 6.07) is 11.1. The van der Waals surface area contributed by atoms with E-state index in [1.54, 1.807) is 0 Å². The van der Waals surface area contributed by atoms with E-state index in [0.29, 0.717) is 47.4 Å². The number of carbonyl (C=O) groups is 3. The number of nitrogens with one attached hydrogen (secondary N) is 4. The molecule has 0 radical (unpaired) electrons. The maximum atomic E-state index is 12.9. The highest BCUT2D eigenvalue weighted by Gasteiger charge is 2.60. The number of hydrogen-bond donors (Lipinski definition) is 4. The Morgan fingerprint density at radius 3 is 1.46 bits per heavy atom. The van der Waals surface area contributed by atoms with Gasteiger partial charge in [-0.2, -0.15) is 0 Å². The van der Waals surface area contributed by atoms with Crippen molar-refractivity contribution < 1.29 is 23.9 Å². The van der Waals surface area contributed by atoms with Crippen LogP contribution in [0.15, 0.2) is 45.3 Å². The predicted octanol–water partition coefficient (Wildman–Crippen LogP) is 7.09. The fraction of sp³-hybridized carbons (Fsp3) is 0.556. The summed E-state index contributed by atoms with van der Waals surface area (Å²) in [5.74, 6) is 3.37. The van der Waals surface area contributed by atoms with Crippen molar-refractivity contribution in [2.45, 2.75) is 101 Å². The Balaban J connectivity index is 0.000000152. The van der Waals surface area contributed by atoms with E-state index in [9.17, 15) is 14.4 Å². The van der Waals surface area contributed by atoms with Gasteiger partial charge in [0.25, 0.3) is 11.8 Å². The lowest BCUT2D eigenvalue weighted by molar-refractivity contribution is -0.130. The monoisotopic (exact) mass is 800 g/mol. The highest BCUT2D eigenvalue weighted by Crippen LogP contribution is 2.54. The second kappa shape index (κ2) is 12.0. The zero-order valence-corrected chi connectivity index (χ0v) is 31.6. The summed E-state index contributed by atoms with van der Waals surface area (Å²) >= 11 is 12.2. The van der Waals surface area contributed by atoms with Crippen molar-refractivity contribution >= 4 is 67.0 Å². The Labute approximate surface area is 303 Å². The molecule has 4 heterocycles. The molecule has 9 nitrogen and oxygen atoms in total. The van der Waals surface area contributed by atoms with Gasteiger partial charge in [-0.25, -0.2) is 4.79 Å². The zero-order chi connectivity index (χ0) is 34.2. The Bertz CT molecular complexity index is 1580. The molecule has 4 fully saturated rings. The van der Waals surface area contributed by atoms with Crippen molar-refractivity contribution in [1.82, 2.24) is 21.3 Å². The molecule has 256 valence electrons. The van der Waals surface area contributed by atoms with Crippen LogP contribution in [-0.2, 0) is 20.7 Å². The molecular formula is C36H42Br2N4O5S. The van der Waals surface area contributed by atoms with E-state index in [0.717, 1.165) is 51.5 Å². The molecule has 6 atom stereocenters. The maximum absolute atomic E-state index is 12.9. The predicted molar refractivity (Wildman–Crippen MR) is 193 cm³/mol. The molecule has 4 amide bonds. The number of hydrogen-bond acceptors (Lipinski definition) is 6. The molecule has 6 unspecified atom stereocenters. The van der Waals surface area contributed by atoms with Gasteiger partial charge in [0, 0.05) is 32.9 Å². The molecular weight excluding hydrogens is 760 g/mol. The lowest BCUT2D eigenvalue weighted by Crippen LogP contribution is -2.57. The Hall–Kier alpha value is -2.70. The van der Waals surface area contributed by atoms with E-state index in [1.165, 1.54) is 12.8 Å². The van der Waals surface area contributed by atoms with Gasteiger partial charge in [-0.3, -0.25) is 14.9 Å². The Kier molecular flexibility index (Phi) is 8.42. The van der Waals surface area contributed by atoms with E-state index in [4.69, 9.17) is 21.7 Å². The molecule has 6 aliphatic rings. The van der Waals surface area contributed by atoms with E-state index in [2.05, 4.69) is 80.8 Å². The number of halogens is 2. The van der Waals surface area contributed by atoms with Gasteiger partial charge >= 0.3 is 6.03 Å². The van der Waals surface area contributed by atoms with Gasteiger partial charge in [0.05, 0.1) is 0 Å². The largest absolute Gasteiger partial charge is 0.487 e. The fourth-order valence-electron chi connectivity index (χ4n) is 10.0. The first-order chi connectivity index (χ1) is 22.6. The average Bonchev–Trinajstić information content (AvgIpc) is 3.40. The molecule has 0 bridgehead atoms. The van der Waals surface area contributed by atoms with Gasteiger partial charge in [0.1, 0.15) is 22.7 Å². The highest BCUT2D eigenvalue weighted by atomic mass is 79.9. The molecule has 2 aliphatic carbocycles. The first-order valence-electron chi connectivity index (χ1n) is 16.9. The van der Waals surface area contributed by atoms with Crippen LogP contribution < -0.4 is 30.7 Å². The van der Waals surface area contributed by atoms with Crippen LogP contribution in [0.4, 0.5) is 4.79 Å². The van der Waals surface area contributed by atoms with Gasteiger partial charge in [-0.05, 0) is 111 Å². The summed E-state index contributed by atoms with van der Waals surface area (Å²) in [6.07, 6.45) is 7.22. The minimum Gasteiger partial charge on any atom is -0.487 e. The number of benzene rings is 2. The summed E-state index contributed by atoms with van der Waals surface area (Å²) in [5, 5.41) is 11.8. The summed E-state index contributed by atoms with van der Waals surface area (Å²) in [6.45, 7) is 9.02. The molecule has 48 heavy (non-hydrogen) atoms. The molecule has 2 aromatic carbocycles. The minimum absolute atomic E-state index is 0.0691. The molecule has 2 saturated carbocycles. The Morgan fingerprint density at radius 2 is 1.08 bits per heavy atom. The van der Waals surface area contributed by atoms with Crippen molar-refractivity contribution in [3.63, 3.8) is 0 Å². The SMILES string of the molecule is CC1CC(C)CC2(C1)CC1(NC(=O)NC1=O)c1cc(Br)ccc1O2.CC1CC(C)CC2(C1)CC1(NC(=S)NC1=O)c1cc(Br)ccc1O2. The number of urea groups is 1. The summed E-state index contributed by atoms with van der Waals surface area (Å²) in [5.41, 5.74) is -0.992. The van der Waals surface area contributed by atoms with Crippen LogP contribution >= 0.6 is 44.1 Å². The third-order valence-electron chi connectivity index (χ3n) is 11.0. The summed E-state index contributed by atoms with van der Waals surface area (Å²) in [4.78, 5) is 37.6. The quantitative estimate of drug-likeness (QED) is 0.166. The number of fused-ring (bicyclic) bond motifs is 4. The normalized spacial score (nSPS) is 37.8. The standard InChI is InChI=1S/C18H21BrN2O3.C18H21BrN2O2S/c1-10-5-11(2)8-17(7-10)9-18(15(22)20-16(23)21-18)13-6-12(19)3-4-14(13)24-17;1-10-5-11(2)8-17(7-10)9-18(15(22)20-16(24)21-18)13-6-12(19)3-4-14(13)23-17/h3-4,6,10-11H,5,7-9H2,1-2H3,(H2,20,21,22,23);3-4,6,10-11H,5,7-9H2,1-2H3,(H2,20,21,22,24). The lowest BCUT2D eigenvalue weighted by Gasteiger charge is -2.50. The van der Waals surface area contributed by atoms with E-state index >= 15 is 0 Å². The Morgan fingerprint density at radius 1 is 0.667 bits per heavy atom. The number of ether oxygens (including phenoxy) is 2. The molecule has 0 aromatic heterocycles. The van der Waals surface area contributed by atoms with Crippen LogP contribution in [0.25, 0.3) is 0 Å². The number of rotatable bonds is 0. The summed E-state index contributed by atoms with van der Waals surface area (Å²) in [7, 11) is 0. The number of amides is 4. The number of carbonyl (C=O) groups excluding carboxylic acids is 3. The third kappa shape index (κ3) is 5.83. The maximum Gasteiger partial charge on any atom is 0.322 e. The van der Waals surface area contributed by atoms with Crippen LogP contribution in [0, 0.1) is 23.7 Å². The van der Waals surface area contributed by atoms with Crippen LogP contribution in [0.5, 0.6) is 11.5 Å². The van der Waals surface area contributed by atoms with E-state index in [-0.39, 0.29) is 17.4 Å². The van der Waals surface area contributed by atoms with E-state index < -0.39 is 22.7 Å². The first-order valence-corrected chi connectivity index (χ1v) is 18.9. The highest BCUT2D eigenvalue weighted by molar-refractivity contribution is 9.10. The van der Waals surface area contributed by atoms with Crippen molar-refractivity contribution in [2.24, 2.45) is 23.7 Å². The van der Waals surface area contributed by atoms with Gasteiger partial charge < -0.3 is 25.4 Å². The van der Waals surface area contributed by atoms with E-state index in [1.807, 2.05) is 36.4 Å². The molecule has 4 N–H and O–H groups in total. The van der Waals surface area contributed by atoms with Gasteiger partial charge in [-0.15, -0.1) is 0 Å². The molecule has 2 aromatic rings. The second-order valence-electron chi connectivity index (χ2n) is 15.5. The van der Waals surface area contributed by atoms with Crippen molar-refractivity contribution in [3.05, 3.63) is 56.5 Å². The van der Waals surface area contributed by atoms with Crippen LogP contribution in [0.1, 0.15) is 90.2 Å². The van der Waals surface area contributed by atoms with Gasteiger partial charge in [0.2, 0.25) is 0 Å². The lowest BCUT2D eigenvalue weighted by atomic mass is 9.66. The molecule has 4 aliphatic heterocycles. The summed E-state index contributed by atoms with van der Waals surface area (Å²) < 4.78 is 14.8. The molecule has 12 heteroatoms. The molecule has 8 rings (SSSR count). The second-order valence-corrected chi connectivity index (χ2v) is 17.8. The minimum atomic E-state index is -1.04. The van der Waals surface area contributed by atoms with Crippen molar-refractivity contribution in [1.29, 1.82) is 0 Å². The molecule has 4 spiro atoms. The third-order valence-corrected chi connectivity index (χ3v) is 12.2. The first kappa shape index (κ1) is 33.8. The topological polar surface area (TPSA) is 118 Å². The number of imide groups is 1. The fourth-order valence-corrected chi connectivity index (χ4v) is 11.0. The average molecular weight is 803 g/mol. The van der Waals surface area contributed by atoms with Crippen molar-refractivity contribution in [2.75, 3.05) is 0 Å². The van der Waals surface area contributed by atoms with Crippen LogP contribution in [0.2, 0.25) is 0 Å². The van der Waals surface area contributed by atoms with Gasteiger partial charge in [-0.1, -0.05) is 59.6 Å². The smallest absolute Gasteiger partial charge is 0.322 e. The van der Waals surface area contributed by atoms with Crippen LogP contribution in [0.3, 0.4) is 0 Å². The molecule has 2 saturated heterocycles. The van der Waals surface area contributed by atoms with Crippen LogP contribution in [-0.4, -0.2) is 34.2 Å². The van der Waals surface area contributed by atoms with Gasteiger partial charge in [0.15, 0.2) is 16.2 Å². The van der Waals surface area contributed by atoms with Crippen molar-refractivity contribution in [3.8, 4) is 11.5 Å². The zero-order valence-electron chi connectivity index (χ0n) is 27.6.